The zero-order valence-electron chi connectivity index (χ0n) is 25.5. The molecule has 8 aliphatic rings. The van der Waals surface area contributed by atoms with Gasteiger partial charge in [0.2, 0.25) is 0 Å². The van der Waals surface area contributed by atoms with Crippen molar-refractivity contribution in [2.75, 3.05) is 39.3 Å². The SMILES string of the molecule is O=C(O)CN(CCN(CC(=O)O)CC([O-])=NC12CC3CC(CC(C3)C1)C2)CC([O-])=NC12CC3CC(CC(C3)C1)C2.[Na+].[Na+]. The third kappa shape index (κ3) is 8.33. The molecule has 0 aromatic rings. The Morgan fingerprint density at radius 2 is 0.833 bits per heavy atom. The quantitative estimate of drug-likeness (QED) is 0.121. The molecule has 8 fully saturated rings. The van der Waals surface area contributed by atoms with Crippen molar-refractivity contribution in [3.63, 3.8) is 0 Å². The topological polar surface area (TPSA) is 152 Å². The summed E-state index contributed by atoms with van der Waals surface area (Å²) in [5.74, 6) is 1.25. The molecule has 0 spiro atoms. The van der Waals surface area contributed by atoms with Crippen LogP contribution in [-0.2, 0) is 9.59 Å². The van der Waals surface area contributed by atoms with Crippen LogP contribution in [0, 0.1) is 35.5 Å². The third-order valence-corrected chi connectivity index (χ3v) is 10.9. The summed E-state index contributed by atoms with van der Waals surface area (Å²) < 4.78 is 0. The number of aliphatic imine (C=N–C) groups is 2. The Labute approximate surface area is 293 Å². The first-order chi connectivity index (χ1) is 19.0. The standard InChI is InChI=1S/C30H46N4O6.2Na/c35-25(31-29-9-19-3-20(10-29)5-21(4-19)11-29)15-33(17-27(37)38)1-2-34(18-28(39)40)16-26(36)32-30-12-22-6-23(13-30)8-24(7-22)14-30;;/h19-24H,1-18H2,(H,31,35)(H,32,36)(H,37,38)(H,39,40);;/q;2*+1/p-2. The monoisotopic (exact) mass is 602 g/mol. The first-order valence-electron chi connectivity index (χ1n) is 15.4. The third-order valence-electron chi connectivity index (χ3n) is 10.9. The molecule has 10 nitrogen and oxygen atoms in total. The van der Waals surface area contributed by atoms with Crippen LogP contribution in [0.15, 0.2) is 9.98 Å². The second kappa shape index (κ2) is 14.1. The molecule has 0 saturated heterocycles. The number of carboxylic acid groups (broad SMARTS) is 2. The summed E-state index contributed by atoms with van der Waals surface area (Å²) in [6.07, 6.45) is 13.3. The van der Waals surface area contributed by atoms with Crippen molar-refractivity contribution in [3.05, 3.63) is 0 Å². The van der Waals surface area contributed by atoms with Gasteiger partial charge in [-0.25, -0.2) is 0 Å². The van der Waals surface area contributed by atoms with Crippen LogP contribution in [0.1, 0.15) is 77.0 Å². The van der Waals surface area contributed by atoms with Gasteiger partial charge in [0.05, 0.1) is 24.2 Å². The van der Waals surface area contributed by atoms with Crippen LogP contribution in [0.5, 0.6) is 0 Å². The van der Waals surface area contributed by atoms with E-state index in [0.717, 1.165) is 38.5 Å². The van der Waals surface area contributed by atoms with E-state index in [4.69, 9.17) is 9.98 Å². The van der Waals surface area contributed by atoms with Crippen molar-refractivity contribution in [1.29, 1.82) is 0 Å². The maximum absolute atomic E-state index is 13.1. The van der Waals surface area contributed by atoms with E-state index in [0.29, 0.717) is 35.5 Å². The molecular formula is C30H44N4Na2O6. The van der Waals surface area contributed by atoms with Crippen molar-refractivity contribution in [2.45, 2.75) is 88.1 Å². The minimum atomic E-state index is -1.06. The Bertz CT molecular complexity index is 916. The molecule has 0 radical (unpaired) electrons. The van der Waals surface area contributed by atoms with E-state index in [2.05, 4.69) is 0 Å². The maximum atomic E-state index is 13.1. The number of hydrogen-bond acceptors (Lipinski definition) is 8. The fraction of sp³-hybridized carbons (Fsp3) is 0.867. The van der Waals surface area contributed by atoms with Gasteiger partial charge in [-0.3, -0.25) is 29.4 Å². The van der Waals surface area contributed by atoms with Crippen molar-refractivity contribution >= 4 is 23.7 Å². The molecule has 8 saturated carbocycles. The molecule has 42 heavy (non-hydrogen) atoms. The van der Waals surface area contributed by atoms with E-state index >= 15 is 0 Å². The van der Waals surface area contributed by atoms with Crippen LogP contribution >= 0.6 is 0 Å². The van der Waals surface area contributed by atoms with E-state index in [9.17, 15) is 30.0 Å². The van der Waals surface area contributed by atoms with Gasteiger partial charge in [-0.15, -0.1) is 0 Å². The van der Waals surface area contributed by atoms with Gasteiger partial charge < -0.3 is 20.4 Å². The van der Waals surface area contributed by atoms with Gasteiger partial charge in [0.1, 0.15) is 0 Å². The summed E-state index contributed by atoms with van der Waals surface area (Å²) in [7, 11) is 0. The molecule has 2 N–H and O–H groups in total. The summed E-state index contributed by atoms with van der Waals surface area (Å²) in [6.45, 7) is -0.580. The molecule has 0 heterocycles. The normalized spacial score (nSPS) is 38.0. The minimum absolute atomic E-state index is 0. The van der Waals surface area contributed by atoms with Crippen LogP contribution in [0.4, 0.5) is 0 Å². The number of rotatable bonds is 13. The van der Waals surface area contributed by atoms with Gasteiger partial charge in [-0.2, -0.15) is 0 Å². The van der Waals surface area contributed by atoms with E-state index in [-0.39, 0.29) is 121 Å². The fourth-order valence-electron chi connectivity index (χ4n) is 10.5. The molecular weight excluding hydrogens is 558 g/mol. The molecule has 8 aliphatic carbocycles. The van der Waals surface area contributed by atoms with Crippen LogP contribution < -0.4 is 69.3 Å². The zero-order chi connectivity index (χ0) is 28.1. The first kappa shape index (κ1) is 34.7. The van der Waals surface area contributed by atoms with E-state index in [1.807, 2.05) is 0 Å². The molecule has 12 heteroatoms. The van der Waals surface area contributed by atoms with Crippen LogP contribution in [0.25, 0.3) is 0 Å². The summed E-state index contributed by atoms with van der Waals surface area (Å²) in [6, 6.07) is 0. The number of carbonyl (C=O) groups is 2. The summed E-state index contributed by atoms with van der Waals surface area (Å²) >= 11 is 0. The molecule has 8 rings (SSSR count). The van der Waals surface area contributed by atoms with Crippen LogP contribution in [-0.4, -0.2) is 94.1 Å². The second-order valence-corrected chi connectivity index (χ2v) is 14.5. The first-order valence-corrected chi connectivity index (χ1v) is 15.4. The Balaban J connectivity index is 0.00000202. The predicted octanol–water partition coefficient (Wildman–Crippen LogP) is -4.78. The van der Waals surface area contributed by atoms with Crippen molar-refractivity contribution in [2.24, 2.45) is 45.5 Å². The van der Waals surface area contributed by atoms with E-state index < -0.39 is 11.9 Å². The van der Waals surface area contributed by atoms with Gasteiger partial charge in [-0.05, 0) is 124 Å². The number of aliphatic carboxylic acids is 2. The smallest absolute Gasteiger partial charge is 0.861 e. The van der Waals surface area contributed by atoms with Gasteiger partial charge in [-0.1, -0.05) is 0 Å². The average molecular weight is 603 g/mol. The van der Waals surface area contributed by atoms with Crippen LogP contribution in [0.3, 0.4) is 0 Å². The van der Waals surface area contributed by atoms with Gasteiger partial charge >= 0.3 is 71.1 Å². The fourth-order valence-corrected chi connectivity index (χ4v) is 10.5. The predicted molar refractivity (Wildman–Crippen MR) is 145 cm³/mol. The van der Waals surface area contributed by atoms with Crippen molar-refractivity contribution in [3.8, 4) is 0 Å². The molecule has 0 aromatic carbocycles. The summed E-state index contributed by atoms with van der Waals surface area (Å²) in [4.78, 5) is 35.6. The van der Waals surface area contributed by atoms with Gasteiger partial charge in [0.15, 0.2) is 0 Å². The molecule has 0 unspecified atom stereocenters. The number of nitrogens with zero attached hydrogens (tertiary/aromatic N) is 4. The Morgan fingerprint density at radius 1 is 0.571 bits per heavy atom. The van der Waals surface area contributed by atoms with Crippen molar-refractivity contribution < 1.29 is 89.1 Å². The van der Waals surface area contributed by atoms with Gasteiger partial charge in [0.25, 0.3) is 0 Å². The maximum Gasteiger partial charge on any atom is 1.00 e. The zero-order valence-corrected chi connectivity index (χ0v) is 29.5. The van der Waals surface area contributed by atoms with Gasteiger partial charge in [0, 0.05) is 26.2 Å². The molecule has 0 aromatic heterocycles. The van der Waals surface area contributed by atoms with E-state index in [1.54, 1.807) is 0 Å². The minimum Gasteiger partial charge on any atom is -0.861 e. The van der Waals surface area contributed by atoms with Crippen LogP contribution in [0.2, 0.25) is 0 Å². The molecule has 0 atom stereocenters. The molecule has 222 valence electrons. The average Bonchev–Trinajstić information content (AvgIpc) is 2.79. The van der Waals surface area contributed by atoms with E-state index in [1.165, 1.54) is 48.3 Å². The van der Waals surface area contributed by atoms with Crippen molar-refractivity contribution in [1.82, 2.24) is 9.80 Å². The number of carboxylic acids is 2. The molecule has 8 bridgehead atoms. The summed E-state index contributed by atoms with van der Waals surface area (Å²) in [5.41, 5.74) is -0.553. The number of hydrogen-bond donors (Lipinski definition) is 2. The Kier molecular flexibility index (Phi) is 11.6. The Hall–Kier alpha value is -0.200. The second-order valence-electron chi connectivity index (χ2n) is 14.5. The molecule has 0 aliphatic heterocycles. The Morgan fingerprint density at radius 3 is 1.07 bits per heavy atom. The largest absolute Gasteiger partial charge is 1.00 e. The summed E-state index contributed by atoms with van der Waals surface area (Å²) in [5, 5.41) is 45.2. The molecule has 0 amide bonds.